The zero-order valence-electron chi connectivity index (χ0n) is 13.7. The molecule has 2 nitrogen and oxygen atoms in total. The molecule has 0 bridgehead atoms. The first-order valence-electron chi connectivity index (χ1n) is 8.17. The summed E-state index contributed by atoms with van der Waals surface area (Å²) in [7, 11) is 0. The Bertz CT molecular complexity index is 463. The van der Waals surface area contributed by atoms with Crippen LogP contribution in [0.2, 0.25) is 0 Å². The van der Waals surface area contributed by atoms with Gasteiger partial charge in [0.2, 0.25) is 0 Å². The normalized spacial score (nSPS) is 29.4. The van der Waals surface area contributed by atoms with Crippen LogP contribution in [0.25, 0.3) is 0 Å². The first-order chi connectivity index (χ1) is 10.0. The highest BCUT2D eigenvalue weighted by Gasteiger charge is 2.35. The predicted octanol–water partition coefficient (Wildman–Crippen LogP) is 4.32. The molecule has 1 aliphatic rings. The maximum atomic E-state index is 14.0. The molecule has 0 amide bonds. The van der Waals surface area contributed by atoms with Gasteiger partial charge in [-0.05, 0) is 62.3 Å². The van der Waals surface area contributed by atoms with Gasteiger partial charge in [-0.25, -0.2) is 4.39 Å². The summed E-state index contributed by atoms with van der Waals surface area (Å²) in [6.45, 7) is 9.62. The van der Waals surface area contributed by atoms with E-state index in [1.54, 1.807) is 12.1 Å². The van der Waals surface area contributed by atoms with E-state index >= 15 is 0 Å². The summed E-state index contributed by atoms with van der Waals surface area (Å²) in [5.41, 5.74) is 1.03. The summed E-state index contributed by atoms with van der Waals surface area (Å²) in [6.07, 6.45) is 3.39. The summed E-state index contributed by atoms with van der Waals surface area (Å²) in [5.74, 6) is 1.25. The van der Waals surface area contributed by atoms with Crippen molar-refractivity contribution >= 4 is 0 Å². The molecule has 0 heterocycles. The SMILES string of the molecule is CCCNC1CC(C)CC(C)C1Oc1cc(C)ccc1F. The van der Waals surface area contributed by atoms with E-state index in [9.17, 15) is 4.39 Å². The average molecular weight is 293 g/mol. The van der Waals surface area contributed by atoms with E-state index in [4.69, 9.17) is 4.74 Å². The van der Waals surface area contributed by atoms with E-state index in [2.05, 4.69) is 26.1 Å². The van der Waals surface area contributed by atoms with E-state index in [-0.39, 0.29) is 11.9 Å². The molecule has 0 saturated heterocycles. The van der Waals surface area contributed by atoms with Crippen molar-refractivity contribution in [2.24, 2.45) is 11.8 Å². The molecule has 1 aromatic rings. The Labute approximate surface area is 128 Å². The Hall–Kier alpha value is -1.09. The Kier molecular flexibility index (Phi) is 5.63. The maximum Gasteiger partial charge on any atom is 0.165 e. The number of hydrogen-bond donors (Lipinski definition) is 1. The minimum Gasteiger partial charge on any atom is -0.485 e. The van der Waals surface area contributed by atoms with Crippen LogP contribution in [0.3, 0.4) is 0 Å². The number of hydrogen-bond acceptors (Lipinski definition) is 2. The quantitative estimate of drug-likeness (QED) is 0.873. The summed E-state index contributed by atoms with van der Waals surface area (Å²) in [6, 6.07) is 5.39. The van der Waals surface area contributed by atoms with Gasteiger partial charge in [0.1, 0.15) is 6.10 Å². The third kappa shape index (κ3) is 4.19. The number of rotatable bonds is 5. The van der Waals surface area contributed by atoms with Gasteiger partial charge in [-0.3, -0.25) is 0 Å². The highest BCUT2D eigenvalue weighted by Crippen LogP contribution is 2.33. The smallest absolute Gasteiger partial charge is 0.165 e. The largest absolute Gasteiger partial charge is 0.485 e. The van der Waals surface area contributed by atoms with E-state index in [1.165, 1.54) is 6.07 Å². The molecule has 0 aliphatic heterocycles. The van der Waals surface area contributed by atoms with E-state index in [1.807, 2.05) is 6.92 Å². The first-order valence-corrected chi connectivity index (χ1v) is 8.17. The second-order valence-corrected chi connectivity index (χ2v) is 6.63. The summed E-state index contributed by atoms with van der Waals surface area (Å²) >= 11 is 0. The van der Waals surface area contributed by atoms with Crippen LogP contribution in [0.4, 0.5) is 4.39 Å². The van der Waals surface area contributed by atoms with Crippen LogP contribution in [0, 0.1) is 24.6 Å². The second-order valence-electron chi connectivity index (χ2n) is 6.63. The topological polar surface area (TPSA) is 21.3 Å². The van der Waals surface area contributed by atoms with Crippen molar-refractivity contribution in [3.05, 3.63) is 29.6 Å². The van der Waals surface area contributed by atoms with Gasteiger partial charge in [0.05, 0.1) is 0 Å². The van der Waals surface area contributed by atoms with Gasteiger partial charge in [-0.1, -0.05) is 26.8 Å². The molecule has 3 heteroatoms. The fourth-order valence-corrected chi connectivity index (χ4v) is 3.40. The van der Waals surface area contributed by atoms with Gasteiger partial charge < -0.3 is 10.1 Å². The average Bonchev–Trinajstić information content (AvgIpc) is 2.43. The third-order valence-corrected chi connectivity index (χ3v) is 4.39. The molecule has 1 saturated carbocycles. The standard InChI is InChI=1S/C18H28FNO/c1-5-8-20-16-10-13(3)9-14(4)18(16)21-17-11-12(2)6-7-15(17)19/h6-7,11,13-14,16,18,20H,5,8-10H2,1-4H3. The minimum absolute atomic E-state index is 0.0454. The summed E-state index contributed by atoms with van der Waals surface area (Å²) < 4.78 is 20.1. The lowest BCUT2D eigenvalue weighted by atomic mass is 9.78. The molecular formula is C18H28FNO. The van der Waals surface area contributed by atoms with Gasteiger partial charge >= 0.3 is 0 Å². The van der Waals surface area contributed by atoms with Crippen LogP contribution in [-0.4, -0.2) is 18.7 Å². The van der Waals surface area contributed by atoms with Gasteiger partial charge in [-0.2, -0.15) is 0 Å². The Morgan fingerprint density at radius 2 is 2.05 bits per heavy atom. The molecule has 1 fully saturated rings. The predicted molar refractivity (Wildman–Crippen MR) is 85.2 cm³/mol. The van der Waals surface area contributed by atoms with E-state index in [0.29, 0.717) is 23.6 Å². The highest BCUT2D eigenvalue weighted by atomic mass is 19.1. The van der Waals surface area contributed by atoms with Crippen molar-refractivity contribution in [3.8, 4) is 5.75 Å². The second kappa shape index (κ2) is 7.26. The van der Waals surface area contributed by atoms with Crippen molar-refractivity contribution in [1.82, 2.24) is 5.32 Å². The number of benzene rings is 1. The molecular weight excluding hydrogens is 265 g/mol. The summed E-state index contributed by atoms with van der Waals surface area (Å²) in [5, 5.41) is 3.59. The molecule has 1 aromatic carbocycles. The zero-order chi connectivity index (χ0) is 15.4. The zero-order valence-corrected chi connectivity index (χ0v) is 13.7. The van der Waals surface area contributed by atoms with Gasteiger partial charge in [0, 0.05) is 6.04 Å². The van der Waals surface area contributed by atoms with Crippen LogP contribution in [0.1, 0.15) is 45.6 Å². The van der Waals surface area contributed by atoms with Crippen LogP contribution < -0.4 is 10.1 Å². The number of nitrogens with one attached hydrogen (secondary N) is 1. The number of aryl methyl sites for hydroxylation is 1. The number of ether oxygens (including phenoxy) is 1. The fourth-order valence-electron chi connectivity index (χ4n) is 3.40. The molecule has 4 unspecified atom stereocenters. The molecule has 0 spiro atoms. The molecule has 1 aliphatic carbocycles. The van der Waals surface area contributed by atoms with Crippen LogP contribution in [0.15, 0.2) is 18.2 Å². The fraction of sp³-hybridized carbons (Fsp3) is 0.667. The first kappa shape index (κ1) is 16.3. The Balaban J connectivity index is 2.14. The molecule has 21 heavy (non-hydrogen) atoms. The number of halogens is 1. The van der Waals surface area contributed by atoms with E-state index in [0.717, 1.165) is 31.4 Å². The highest BCUT2D eigenvalue weighted by molar-refractivity contribution is 5.29. The molecule has 4 atom stereocenters. The lowest BCUT2D eigenvalue weighted by molar-refractivity contribution is 0.0448. The maximum absolute atomic E-state index is 14.0. The Morgan fingerprint density at radius 3 is 2.76 bits per heavy atom. The minimum atomic E-state index is -0.263. The monoisotopic (exact) mass is 293 g/mol. The van der Waals surface area contributed by atoms with Crippen molar-refractivity contribution in [3.63, 3.8) is 0 Å². The van der Waals surface area contributed by atoms with Gasteiger partial charge in [0.25, 0.3) is 0 Å². The molecule has 2 rings (SSSR count). The third-order valence-electron chi connectivity index (χ3n) is 4.39. The van der Waals surface area contributed by atoms with Crippen molar-refractivity contribution in [1.29, 1.82) is 0 Å². The van der Waals surface area contributed by atoms with Crippen molar-refractivity contribution in [2.45, 2.75) is 59.1 Å². The molecule has 0 radical (unpaired) electrons. The van der Waals surface area contributed by atoms with Crippen molar-refractivity contribution in [2.75, 3.05) is 6.54 Å². The van der Waals surface area contributed by atoms with E-state index < -0.39 is 0 Å². The lowest BCUT2D eigenvalue weighted by Gasteiger charge is -2.40. The molecule has 0 aromatic heterocycles. The van der Waals surface area contributed by atoms with Gasteiger partial charge in [-0.15, -0.1) is 0 Å². The molecule has 118 valence electrons. The summed E-state index contributed by atoms with van der Waals surface area (Å²) in [4.78, 5) is 0. The van der Waals surface area contributed by atoms with Gasteiger partial charge in [0.15, 0.2) is 11.6 Å². The van der Waals surface area contributed by atoms with Crippen LogP contribution in [-0.2, 0) is 0 Å². The lowest BCUT2D eigenvalue weighted by Crippen LogP contribution is -2.51. The Morgan fingerprint density at radius 1 is 1.29 bits per heavy atom. The van der Waals surface area contributed by atoms with Crippen LogP contribution in [0.5, 0.6) is 5.75 Å². The van der Waals surface area contributed by atoms with Crippen molar-refractivity contribution < 1.29 is 9.13 Å². The van der Waals surface area contributed by atoms with Crippen LogP contribution >= 0.6 is 0 Å². The molecule has 1 N–H and O–H groups in total.